The van der Waals surface area contributed by atoms with E-state index in [2.05, 4.69) is 20.3 Å². The van der Waals surface area contributed by atoms with E-state index in [0.29, 0.717) is 11.6 Å². The van der Waals surface area contributed by atoms with Gasteiger partial charge in [0.05, 0.1) is 4.92 Å². The Balaban J connectivity index is 1.99. The normalized spacial score (nSPS) is 10.2. The molecule has 0 saturated carbocycles. The second-order valence-electron chi connectivity index (χ2n) is 4.84. The van der Waals surface area contributed by atoms with Crippen molar-refractivity contribution in [2.45, 2.75) is 6.92 Å². The Kier molecular flexibility index (Phi) is 4.28. The second kappa shape index (κ2) is 6.69. The maximum absolute atomic E-state index is 11.5. The molecule has 0 atom stereocenters. The number of nitro groups is 1. The van der Waals surface area contributed by atoms with Crippen LogP contribution in [-0.4, -0.2) is 19.9 Å². The van der Waals surface area contributed by atoms with Gasteiger partial charge in [-0.1, -0.05) is 24.3 Å². The number of ether oxygens (including phenoxy) is 1. The van der Waals surface area contributed by atoms with Gasteiger partial charge < -0.3 is 10.1 Å². The Bertz CT molecular complexity index is 871. The number of aryl methyl sites for hydroxylation is 1. The summed E-state index contributed by atoms with van der Waals surface area (Å²) in [6.45, 7) is 1.84. The summed E-state index contributed by atoms with van der Waals surface area (Å²) < 4.78 is 5.53. The molecule has 0 aliphatic rings. The zero-order valence-electron chi connectivity index (χ0n) is 12.7. The summed E-state index contributed by atoms with van der Waals surface area (Å²) in [6.07, 6.45) is 2.79. The molecule has 1 aromatic carbocycles. The highest BCUT2D eigenvalue weighted by Gasteiger charge is 2.25. The summed E-state index contributed by atoms with van der Waals surface area (Å²) in [5.74, 6) is 0.796. The van der Waals surface area contributed by atoms with Gasteiger partial charge >= 0.3 is 11.6 Å². The first-order valence-corrected chi connectivity index (χ1v) is 7.06. The Morgan fingerprint density at radius 3 is 2.54 bits per heavy atom. The molecule has 0 bridgehead atoms. The zero-order valence-corrected chi connectivity index (χ0v) is 12.7. The smallest absolute Gasteiger partial charge is 0.373 e. The molecule has 0 amide bonds. The van der Waals surface area contributed by atoms with Gasteiger partial charge in [0, 0.05) is 6.20 Å². The van der Waals surface area contributed by atoms with Gasteiger partial charge in [0.2, 0.25) is 5.82 Å². The highest BCUT2D eigenvalue weighted by atomic mass is 16.6. The third-order valence-corrected chi connectivity index (χ3v) is 3.18. The van der Waals surface area contributed by atoms with E-state index in [0.717, 1.165) is 5.56 Å². The molecule has 120 valence electrons. The SMILES string of the molecule is Cc1cccnc1Nc1ncnc(Oc2ccccc2)c1[N+](=O)[O-]. The molecule has 8 heteroatoms. The molecule has 0 saturated heterocycles. The molecule has 0 radical (unpaired) electrons. The van der Waals surface area contributed by atoms with Gasteiger partial charge in [-0.3, -0.25) is 10.1 Å². The van der Waals surface area contributed by atoms with Gasteiger partial charge in [0.1, 0.15) is 17.9 Å². The maximum atomic E-state index is 11.5. The molecule has 0 spiro atoms. The van der Waals surface area contributed by atoms with Crippen molar-refractivity contribution in [3.05, 3.63) is 70.7 Å². The topological polar surface area (TPSA) is 103 Å². The molecule has 2 aromatic heterocycles. The lowest BCUT2D eigenvalue weighted by Crippen LogP contribution is -2.05. The fourth-order valence-electron chi connectivity index (χ4n) is 2.02. The van der Waals surface area contributed by atoms with Crippen LogP contribution in [0.25, 0.3) is 0 Å². The number of nitrogens with one attached hydrogen (secondary N) is 1. The highest BCUT2D eigenvalue weighted by Crippen LogP contribution is 2.35. The number of nitrogens with zero attached hydrogens (tertiary/aromatic N) is 4. The van der Waals surface area contributed by atoms with Crippen LogP contribution in [0.3, 0.4) is 0 Å². The summed E-state index contributed by atoms with van der Waals surface area (Å²) >= 11 is 0. The molecule has 0 aliphatic carbocycles. The van der Waals surface area contributed by atoms with Crippen LogP contribution in [-0.2, 0) is 0 Å². The summed E-state index contributed by atoms with van der Waals surface area (Å²) in [5.41, 5.74) is 0.474. The van der Waals surface area contributed by atoms with Gasteiger partial charge in [-0.2, -0.15) is 4.98 Å². The molecular formula is C16H13N5O3. The van der Waals surface area contributed by atoms with E-state index in [9.17, 15) is 10.1 Å². The van der Waals surface area contributed by atoms with Gasteiger partial charge in [-0.05, 0) is 30.7 Å². The fraction of sp³-hybridized carbons (Fsp3) is 0.0625. The van der Waals surface area contributed by atoms with Crippen molar-refractivity contribution < 1.29 is 9.66 Å². The van der Waals surface area contributed by atoms with E-state index in [-0.39, 0.29) is 17.4 Å². The molecule has 0 unspecified atom stereocenters. The number of hydrogen-bond acceptors (Lipinski definition) is 7. The molecule has 2 heterocycles. The van der Waals surface area contributed by atoms with E-state index < -0.39 is 4.92 Å². The van der Waals surface area contributed by atoms with Gasteiger partial charge in [-0.25, -0.2) is 9.97 Å². The van der Waals surface area contributed by atoms with Crippen LogP contribution >= 0.6 is 0 Å². The standard InChI is InChI=1S/C16H13N5O3/c1-11-6-5-9-17-14(11)20-15-13(21(22)23)16(19-10-18-15)24-12-7-3-2-4-8-12/h2-10H,1H3,(H,17,18,19,20). The monoisotopic (exact) mass is 323 g/mol. The van der Waals surface area contributed by atoms with Gasteiger partial charge in [0.15, 0.2) is 0 Å². The number of benzene rings is 1. The van der Waals surface area contributed by atoms with Crippen molar-refractivity contribution in [3.8, 4) is 11.6 Å². The number of aromatic nitrogens is 3. The van der Waals surface area contributed by atoms with Crippen LogP contribution < -0.4 is 10.1 Å². The molecule has 8 nitrogen and oxygen atoms in total. The quantitative estimate of drug-likeness (QED) is 0.565. The van der Waals surface area contributed by atoms with Crippen molar-refractivity contribution in [3.63, 3.8) is 0 Å². The van der Waals surface area contributed by atoms with Crippen LogP contribution in [0.15, 0.2) is 55.0 Å². The first kappa shape index (κ1) is 15.3. The number of rotatable bonds is 5. The number of para-hydroxylation sites is 1. The molecule has 24 heavy (non-hydrogen) atoms. The minimum absolute atomic E-state index is 0.0164. The number of hydrogen-bond donors (Lipinski definition) is 1. The van der Waals surface area contributed by atoms with Crippen LogP contribution in [0.5, 0.6) is 11.6 Å². The first-order valence-electron chi connectivity index (χ1n) is 7.06. The molecule has 1 N–H and O–H groups in total. The van der Waals surface area contributed by atoms with Crippen molar-refractivity contribution in [1.29, 1.82) is 0 Å². The van der Waals surface area contributed by atoms with Crippen molar-refractivity contribution in [1.82, 2.24) is 15.0 Å². The van der Waals surface area contributed by atoms with E-state index in [4.69, 9.17) is 4.74 Å². The van der Waals surface area contributed by atoms with Crippen molar-refractivity contribution in [2.75, 3.05) is 5.32 Å². The molecule has 0 aliphatic heterocycles. The zero-order chi connectivity index (χ0) is 16.9. The minimum atomic E-state index is -0.584. The van der Waals surface area contributed by atoms with Crippen LogP contribution in [0, 0.1) is 17.0 Å². The second-order valence-corrected chi connectivity index (χ2v) is 4.84. The lowest BCUT2D eigenvalue weighted by atomic mass is 10.3. The third kappa shape index (κ3) is 3.27. The van der Waals surface area contributed by atoms with Gasteiger partial charge in [0.25, 0.3) is 0 Å². The Morgan fingerprint density at radius 1 is 1.04 bits per heavy atom. The number of anilines is 2. The van der Waals surface area contributed by atoms with Crippen LogP contribution in [0.2, 0.25) is 0 Å². The fourth-order valence-corrected chi connectivity index (χ4v) is 2.02. The van der Waals surface area contributed by atoms with Crippen LogP contribution in [0.4, 0.5) is 17.3 Å². The Hall–Kier alpha value is -3.55. The molecule has 3 rings (SSSR count). The van der Waals surface area contributed by atoms with Crippen LogP contribution in [0.1, 0.15) is 5.56 Å². The molecule has 0 fully saturated rings. The maximum Gasteiger partial charge on any atom is 0.373 e. The lowest BCUT2D eigenvalue weighted by molar-refractivity contribution is -0.385. The average molecular weight is 323 g/mol. The Morgan fingerprint density at radius 2 is 1.83 bits per heavy atom. The summed E-state index contributed by atoms with van der Waals surface area (Å²) in [5, 5.41) is 14.4. The van der Waals surface area contributed by atoms with Gasteiger partial charge in [-0.15, -0.1) is 0 Å². The highest BCUT2D eigenvalue weighted by molar-refractivity contribution is 5.68. The van der Waals surface area contributed by atoms with E-state index in [1.807, 2.05) is 19.1 Å². The predicted molar refractivity (Wildman–Crippen MR) is 87.5 cm³/mol. The molecule has 3 aromatic rings. The van der Waals surface area contributed by atoms with Crippen molar-refractivity contribution in [2.24, 2.45) is 0 Å². The minimum Gasteiger partial charge on any atom is -0.434 e. The van der Waals surface area contributed by atoms with E-state index in [1.165, 1.54) is 6.33 Å². The number of pyridine rings is 1. The predicted octanol–water partition coefficient (Wildman–Crippen LogP) is 3.62. The largest absolute Gasteiger partial charge is 0.434 e. The van der Waals surface area contributed by atoms with E-state index in [1.54, 1.807) is 36.5 Å². The summed E-state index contributed by atoms with van der Waals surface area (Å²) in [4.78, 5) is 22.9. The third-order valence-electron chi connectivity index (χ3n) is 3.18. The lowest BCUT2D eigenvalue weighted by Gasteiger charge is -2.10. The average Bonchev–Trinajstić information content (AvgIpc) is 2.58. The summed E-state index contributed by atoms with van der Waals surface area (Å²) in [7, 11) is 0. The molecular weight excluding hydrogens is 310 g/mol. The van der Waals surface area contributed by atoms with E-state index >= 15 is 0 Å². The first-order chi connectivity index (χ1) is 11.6. The summed E-state index contributed by atoms with van der Waals surface area (Å²) in [6, 6.07) is 12.3. The Labute approximate surface area is 137 Å². The van der Waals surface area contributed by atoms with Crippen molar-refractivity contribution >= 4 is 17.3 Å².